The van der Waals surface area contributed by atoms with E-state index in [0.717, 1.165) is 6.42 Å². The Bertz CT molecular complexity index is 356. The van der Waals surface area contributed by atoms with Gasteiger partial charge in [-0.25, -0.2) is 4.98 Å². The van der Waals surface area contributed by atoms with E-state index in [1.54, 1.807) is 0 Å². The Morgan fingerprint density at radius 3 is 2.72 bits per heavy atom. The molecule has 1 saturated heterocycles. The Hall–Kier alpha value is -0.450. The van der Waals surface area contributed by atoms with E-state index in [2.05, 4.69) is 36.0 Å². The second-order valence-electron chi connectivity index (χ2n) is 5.12. The van der Waals surface area contributed by atoms with Crippen LogP contribution < -0.4 is 5.32 Å². The number of likely N-dealkylation sites (tertiary alicyclic amines) is 1. The fraction of sp³-hybridized carbons (Fsp3) is 0.786. The van der Waals surface area contributed by atoms with E-state index in [4.69, 9.17) is 0 Å². The summed E-state index contributed by atoms with van der Waals surface area (Å²) in [6.45, 7) is 10.3. The van der Waals surface area contributed by atoms with Gasteiger partial charge in [0.15, 0.2) is 0 Å². The minimum Gasteiger partial charge on any atom is -0.305 e. The van der Waals surface area contributed by atoms with Crippen molar-refractivity contribution in [2.24, 2.45) is 0 Å². The molecule has 1 fully saturated rings. The van der Waals surface area contributed by atoms with Crippen LogP contribution in [0.1, 0.15) is 49.5 Å². The molecule has 0 saturated carbocycles. The van der Waals surface area contributed by atoms with Crippen molar-refractivity contribution in [1.82, 2.24) is 15.2 Å². The summed E-state index contributed by atoms with van der Waals surface area (Å²) >= 11 is 1.85. The van der Waals surface area contributed by atoms with Gasteiger partial charge in [0.05, 0.1) is 6.04 Å². The van der Waals surface area contributed by atoms with Crippen molar-refractivity contribution in [2.45, 2.75) is 52.1 Å². The molecule has 3 nitrogen and oxygen atoms in total. The second-order valence-corrected chi connectivity index (χ2v) is 6.26. The minimum atomic E-state index is 0.397. The van der Waals surface area contributed by atoms with Gasteiger partial charge in [0.1, 0.15) is 5.01 Å². The molecule has 1 aromatic heterocycles. The Morgan fingerprint density at radius 1 is 1.44 bits per heavy atom. The van der Waals surface area contributed by atoms with Crippen LogP contribution in [0.15, 0.2) is 6.20 Å². The molecule has 0 amide bonds. The summed E-state index contributed by atoms with van der Waals surface area (Å²) in [5.41, 5.74) is 0. The lowest BCUT2D eigenvalue weighted by atomic mass is 10.0. The molecule has 0 aliphatic carbocycles. The minimum absolute atomic E-state index is 0.397. The summed E-state index contributed by atoms with van der Waals surface area (Å²) in [5.74, 6) is 0. The zero-order valence-electron chi connectivity index (χ0n) is 11.8. The van der Waals surface area contributed by atoms with Crippen LogP contribution in [0, 0.1) is 0 Å². The van der Waals surface area contributed by atoms with E-state index in [1.807, 2.05) is 17.5 Å². The maximum absolute atomic E-state index is 4.53. The summed E-state index contributed by atoms with van der Waals surface area (Å²) in [6.07, 6.45) is 5.66. The van der Waals surface area contributed by atoms with Crippen LogP contribution in [0.3, 0.4) is 0 Å². The molecule has 1 aromatic rings. The van der Waals surface area contributed by atoms with E-state index in [1.165, 1.54) is 42.4 Å². The third-order valence-electron chi connectivity index (χ3n) is 3.81. The molecule has 0 aromatic carbocycles. The lowest BCUT2D eigenvalue weighted by Gasteiger charge is -2.32. The highest BCUT2D eigenvalue weighted by molar-refractivity contribution is 7.11. The van der Waals surface area contributed by atoms with Crippen molar-refractivity contribution in [3.63, 3.8) is 0 Å². The quantitative estimate of drug-likeness (QED) is 0.889. The zero-order valence-corrected chi connectivity index (χ0v) is 12.6. The second kappa shape index (κ2) is 6.64. The maximum atomic E-state index is 4.53. The summed E-state index contributed by atoms with van der Waals surface area (Å²) in [5, 5.41) is 4.98. The smallest absolute Gasteiger partial charge is 0.109 e. The third kappa shape index (κ3) is 3.53. The first kappa shape index (κ1) is 14.0. The average molecular weight is 267 g/mol. The van der Waals surface area contributed by atoms with Gasteiger partial charge in [0.2, 0.25) is 0 Å². The number of nitrogens with zero attached hydrogens (tertiary/aromatic N) is 2. The molecule has 102 valence electrons. The average Bonchev–Trinajstić information content (AvgIpc) is 2.88. The van der Waals surface area contributed by atoms with Crippen molar-refractivity contribution in [3.8, 4) is 0 Å². The number of aryl methyl sites for hydroxylation is 1. The molecule has 0 radical (unpaired) electrons. The van der Waals surface area contributed by atoms with Gasteiger partial charge in [-0.3, -0.25) is 0 Å². The molecule has 2 rings (SSSR count). The molecule has 1 atom stereocenters. The van der Waals surface area contributed by atoms with E-state index in [9.17, 15) is 0 Å². The van der Waals surface area contributed by atoms with Crippen molar-refractivity contribution in [1.29, 1.82) is 0 Å². The van der Waals surface area contributed by atoms with Crippen LogP contribution in [0.2, 0.25) is 0 Å². The van der Waals surface area contributed by atoms with Gasteiger partial charge in [-0.2, -0.15) is 0 Å². The van der Waals surface area contributed by atoms with Gasteiger partial charge in [-0.05, 0) is 45.8 Å². The van der Waals surface area contributed by atoms with Crippen LogP contribution in [0.4, 0.5) is 0 Å². The fourth-order valence-electron chi connectivity index (χ4n) is 2.53. The number of rotatable bonds is 5. The van der Waals surface area contributed by atoms with Crippen LogP contribution in [0.5, 0.6) is 0 Å². The standard InChI is InChI=1S/C14H25N3S/c1-4-13-10-15-14(18-13)11(3)16-12-6-8-17(5-2)9-7-12/h10-12,16H,4-9H2,1-3H3. The Balaban J connectivity index is 1.82. The number of nitrogens with one attached hydrogen (secondary N) is 1. The molecular formula is C14H25N3S. The molecule has 1 aliphatic rings. The lowest BCUT2D eigenvalue weighted by Crippen LogP contribution is -2.43. The number of hydrogen-bond donors (Lipinski definition) is 1. The predicted molar refractivity (Wildman–Crippen MR) is 78.2 cm³/mol. The van der Waals surface area contributed by atoms with Gasteiger partial charge in [-0.1, -0.05) is 13.8 Å². The molecule has 1 N–H and O–H groups in total. The monoisotopic (exact) mass is 267 g/mol. The van der Waals surface area contributed by atoms with Gasteiger partial charge < -0.3 is 10.2 Å². The summed E-state index contributed by atoms with van der Waals surface area (Å²) < 4.78 is 0. The Labute approximate surface area is 115 Å². The molecule has 2 heterocycles. The molecule has 0 bridgehead atoms. The predicted octanol–water partition coefficient (Wildman–Crippen LogP) is 2.84. The first-order chi connectivity index (χ1) is 8.72. The summed E-state index contributed by atoms with van der Waals surface area (Å²) in [6, 6.07) is 1.06. The number of thiazole rings is 1. The molecular weight excluding hydrogens is 242 g/mol. The van der Waals surface area contributed by atoms with E-state index >= 15 is 0 Å². The highest BCUT2D eigenvalue weighted by Gasteiger charge is 2.20. The first-order valence-corrected chi connectivity index (χ1v) is 7.97. The lowest BCUT2D eigenvalue weighted by molar-refractivity contribution is 0.200. The SMILES string of the molecule is CCc1cnc(C(C)NC2CCN(CC)CC2)s1. The first-order valence-electron chi connectivity index (χ1n) is 7.16. The summed E-state index contributed by atoms with van der Waals surface area (Å²) in [4.78, 5) is 8.45. The zero-order chi connectivity index (χ0) is 13.0. The van der Waals surface area contributed by atoms with Gasteiger partial charge in [0, 0.05) is 17.1 Å². The topological polar surface area (TPSA) is 28.2 Å². The third-order valence-corrected chi connectivity index (χ3v) is 5.14. The maximum Gasteiger partial charge on any atom is 0.109 e. The van der Waals surface area contributed by atoms with Crippen molar-refractivity contribution in [3.05, 3.63) is 16.1 Å². The Morgan fingerprint density at radius 2 is 2.17 bits per heavy atom. The number of hydrogen-bond acceptors (Lipinski definition) is 4. The van der Waals surface area contributed by atoms with Crippen molar-refractivity contribution in [2.75, 3.05) is 19.6 Å². The van der Waals surface area contributed by atoms with Crippen LogP contribution in [-0.4, -0.2) is 35.6 Å². The number of piperidine rings is 1. The van der Waals surface area contributed by atoms with Gasteiger partial charge >= 0.3 is 0 Å². The largest absolute Gasteiger partial charge is 0.305 e. The highest BCUT2D eigenvalue weighted by Crippen LogP contribution is 2.22. The molecule has 4 heteroatoms. The number of aromatic nitrogens is 1. The normalized spacial score (nSPS) is 20.2. The van der Waals surface area contributed by atoms with E-state index in [-0.39, 0.29) is 0 Å². The van der Waals surface area contributed by atoms with Crippen molar-refractivity contribution >= 4 is 11.3 Å². The van der Waals surface area contributed by atoms with Crippen LogP contribution in [-0.2, 0) is 6.42 Å². The molecule has 0 spiro atoms. The summed E-state index contributed by atoms with van der Waals surface area (Å²) in [7, 11) is 0. The Kier molecular flexibility index (Phi) is 5.15. The van der Waals surface area contributed by atoms with Crippen LogP contribution in [0.25, 0.3) is 0 Å². The van der Waals surface area contributed by atoms with Gasteiger partial charge in [0.25, 0.3) is 0 Å². The molecule has 1 aliphatic heterocycles. The van der Waals surface area contributed by atoms with Crippen molar-refractivity contribution < 1.29 is 0 Å². The van der Waals surface area contributed by atoms with Gasteiger partial charge in [-0.15, -0.1) is 11.3 Å². The fourth-order valence-corrected chi connectivity index (χ4v) is 3.40. The highest BCUT2D eigenvalue weighted by atomic mass is 32.1. The molecule has 18 heavy (non-hydrogen) atoms. The van der Waals surface area contributed by atoms with E-state index < -0.39 is 0 Å². The van der Waals surface area contributed by atoms with Crippen LogP contribution >= 0.6 is 11.3 Å². The van der Waals surface area contributed by atoms with E-state index in [0.29, 0.717) is 12.1 Å². The molecule has 1 unspecified atom stereocenters.